The van der Waals surface area contributed by atoms with E-state index in [4.69, 9.17) is 0 Å². The Hall–Kier alpha value is -1.59. The summed E-state index contributed by atoms with van der Waals surface area (Å²) in [4.78, 5) is 25.8. The smallest absolute Gasteiger partial charge is 0.331 e. The molecule has 6 heteroatoms. The molecule has 0 atom stereocenters. The molecule has 1 N–H and O–H groups in total. The normalized spacial score (nSPS) is 10.9. The number of nitrogens with one attached hydrogen (secondary N) is 1. The fourth-order valence-corrected chi connectivity index (χ4v) is 2.53. The molecule has 116 valence electrons. The Morgan fingerprint density at radius 1 is 1.10 bits per heavy atom. The summed E-state index contributed by atoms with van der Waals surface area (Å²) < 4.78 is 2.90. The molecule has 21 heavy (non-hydrogen) atoms. The van der Waals surface area contributed by atoms with Crippen LogP contribution in [0.5, 0.6) is 0 Å². The Morgan fingerprint density at radius 3 is 2.33 bits per heavy atom. The van der Waals surface area contributed by atoms with Crippen LogP contribution in [0.15, 0.2) is 33.9 Å². The van der Waals surface area contributed by atoms with Gasteiger partial charge in [0.2, 0.25) is 0 Å². The van der Waals surface area contributed by atoms with Gasteiger partial charge < -0.3 is 17.3 Å². The number of benzene rings is 1. The van der Waals surface area contributed by atoms with Crippen molar-refractivity contribution in [3.8, 4) is 0 Å². The van der Waals surface area contributed by atoms with Crippen LogP contribution in [0.25, 0.3) is 10.9 Å². The van der Waals surface area contributed by atoms with E-state index >= 15 is 0 Å². The number of aromatic nitrogens is 2. The second-order valence-electron chi connectivity index (χ2n) is 5.02. The first-order chi connectivity index (χ1) is 9.60. The predicted octanol–water partition coefficient (Wildman–Crippen LogP) is -3.37. The van der Waals surface area contributed by atoms with Crippen LogP contribution < -0.4 is 28.6 Å². The molecule has 0 fully saturated rings. The number of nitrogens with zero attached hydrogens (tertiary/aromatic N) is 2. The summed E-state index contributed by atoms with van der Waals surface area (Å²) in [6, 6.07) is 7.31. The average molecular weight is 312 g/mol. The minimum absolute atomic E-state index is 0. The third-order valence-corrected chi connectivity index (χ3v) is 3.94. The Morgan fingerprint density at radius 2 is 1.71 bits per heavy atom. The van der Waals surface area contributed by atoms with Gasteiger partial charge in [0.1, 0.15) is 0 Å². The summed E-state index contributed by atoms with van der Waals surface area (Å²) in [6.07, 6.45) is 0. The fourth-order valence-electron chi connectivity index (χ4n) is 2.53. The van der Waals surface area contributed by atoms with Gasteiger partial charge in [-0.25, -0.2) is 4.79 Å². The van der Waals surface area contributed by atoms with Gasteiger partial charge in [-0.15, -0.1) is 0 Å². The van der Waals surface area contributed by atoms with E-state index < -0.39 is 0 Å². The molecular weight excluding hydrogens is 290 g/mol. The maximum atomic E-state index is 12.3. The van der Waals surface area contributed by atoms with E-state index in [9.17, 15) is 9.59 Å². The van der Waals surface area contributed by atoms with Crippen molar-refractivity contribution in [2.24, 2.45) is 7.05 Å². The first kappa shape index (κ1) is 17.5. The summed E-state index contributed by atoms with van der Waals surface area (Å²) in [6.45, 7) is 7.87. The Labute approximate surface area is 130 Å². The number of hydrogen-bond donors (Lipinski definition) is 1. The van der Waals surface area contributed by atoms with Gasteiger partial charge in [0.15, 0.2) is 0 Å². The highest BCUT2D eigenvalue weighted by Gasteiger charge is 2.11. The number of rotatable bonds is 5. The lowest BCUT2D eigenvalue weighted by Gasteiger charge is -2.17. The summed E-state index contributed by atoms with van der Waals surface area (Å²) >= 11 is 0. The predicted molar refractivity (Wildman–Crippen MR) is 80.4 cm³/mol. The SMILES string of the molecule is CC[NH+](CC)CCn1c(=O)n(C)c(=O)c2ccccc21.[Cl-]. The van der Waals surface area contributed by atoms with Crippen LogP contribution in [0.3, 0.4) is 0 Å². The standard InChI is InChI=1S/C15H21N3O2.ClH/c1-4-17(5-2)10-11-18-13-9-7-6-8-12(13)14(19)16(3)15(18)20;/h6-9H,4-5,10-11H2,1-3H3;1H. The van der Waals surface area contributed by atoms with E-state index in [0.29, 0.717) is 11.9 Å². The lowest BCUT2D eigenvalue weighted by molar-refractivity contribution is -0.897. The molecule has 0 bridgehead atoms. The Balaban J connectivity index is 0.00000220. The molecule has 0 aliphatic rings. The molecule has 0 saturated heterocycles. The number of fused-ring (bicyclic) bond motifs is 1. The van der Waals surface area contributed by atoms with Crippen LogP contribution in [0.1, 0.15) is 13.8 Å². The van der Waals surface area contributed by atoms with Crippen LogP contribution in [0.2, 0.25) is 0 Å². The highest BCUT2D eigenvalue weighted by atomic mass is 35.5. The van der Waals surface area contributed by atoms with Crippen molar-refractivity contribution in [1.82, 2.24) is 9.13 Å². The van der Waals surface area contributed by atoms with E-state index in [0.717, 1.165) is 25.2 Å². The van der Waals surface area contributed by atoms with E-state index in [1.807, 2.05) is 18.2 Å². The molecule has 0 aliphatic heterocycles. The molecule has 0 amide bonds. The minimum atomic E-state index is -0.236. The molecule has 0 aliphatic carbocycles. The Bertz CT molecular complexity index is 717. The maximum absolute atomic E-state index is 12.3. The van der Waals surface area contributed by atoms with E-state index in [2.05, 4.69) is 13.8 Å². The van der Waals surface area contributed by atoms with E-state index in [-0.39, 0.29) is 23.7 Å². The first-order valence-corrected chi connectivity index (χ1v) is 7.12. The van der Waals surface area contributed by atoms with Crippen LogP contribution in [-0.4, -0.2) is 28.8 Å². The molecule has 0 spiro atoms. The summed E-state index contributed by atoms with van der Waals surface area (Å²) in [5, 5.41) is 0.601. The molecule has 2 aromatic rings. The minimum Gasteiger partial charge on any atom is -1.00 e. The molecule has 2 rings (SSSR count). The third kappa shape index (κ3) is 3.36. The lowest BCUT2D eigenvalue weighted by Crippen LogP contribution is -3.11. The molecule has 1 heterocycles. The zero-order chi connectivity index (χ0) is 14.7. The van der Waals surface area contributed by atoms with Crippen molar-refractivity contribution in [2.45, 2.75) is 20.4 Å². The zero-order valence-corrected chi connectivity index (χ0v) is 13.5. The van der Waals surface area contributed by atoms with Gasteiger partial charge >= 0.3 is 5.69 Å². The summed E-state index contributed by atoms with van der Waals surface area (Å²) in [5.41, 5.74) is 0.268. The number of likely N-dealkylation sites (N-methyl/N-ethyl adjacent to an activating group) is 1. The van der Waals surface area contributed by atoms with Gasteiger partial charge in [-0.1, -0.05) is 12.1 Å². The molecule has 1 aromatic heterocycles. The molecule has 5 nitrogen and oxygen atoms in total. The monoisotopic (exact) mass is 311 g/mol. The molecule has 0 radical (unpaired) electrons. The van der Waals surface area contributed by atoms with Crippen LogP contribution in [0, 0.1) is 0 Å². The highest BCUT2D eigenvalue weighted by molar-refractivity contribution is 5.77. The number of halogens is 1. The molecule has 0 saturated carbocycles. The maximum Gasteiger partial charge on any atom is 0.331 e. The second kappa shape index (κ2) is 7.43. The Kier molecular flexibility index (Phi) is 6.18. The number of para-hydroxylation sites is 1. The first-order valence-electron chi connectivity index (χ1n) is 7.12. The van der Waals surface area contributed by atoms with E-state index in [1.54, 1.807) is 10.6 Å². The average Bonchev–Trinajstić information content (AvgIpc) is 2.49. The molecular formula is C15H22ClN3O2. The number of quaternary nitrogens is 1. The van der Waals surface area contributed by atoms with Crippen LogP contribution >= 0.6 is 0 Å². The number of hydrogen-bond acceptors (Lipinski definition) is 2. The van der Waals surface area contributed by atoms with Crippen LogP contribution in [-0.2, 0) is 13.6 Å². The largest absolute Gasteiger partial charge is 1.00 e. The van der Waals surface area contributed by atoms with Gasteiger partial charge in [0, 0.05) is 7.05 Å². The highest BCUT2D eigenvalue weighted by Crippen LogP contribution is 2.06. The van der Waals surface area contributed by atoms with Crippen LogP contribution in [0.4, 0.5) is 0 Å². The van der Waals surface area contributed by atoms with Gasteiger partial charge in [0.25, 0.3) is 5.56 Å². The van der Waals surface area contributed by atoms with E-state index in [1.165, 1.54) is 16.5 Å². The van der Waals surface area contributed by atoms with Crippen molar-refractivity contribution in [3.63, 3.8) is 0 Å². The van der Waals surface area contributed by atoms with Crippen molar-refractivity contribution < 1.29 is 17.3 Å². The quantitative estimate of drug-likeness (QED) is 0.627. The third-order valence-electron chi connectivity index (χ3n) is 3.94. The topological polar surface area (TPSA) is 48.4 Å². The molecule has 1 aromatic carbocycles. The van der Waals surface area contributed by atoms with Crippen molar-refractivity contribution in [1.29, 1.82) is 0 Å². The zero-order valence-electron chi connectivity index (χ0n) is 12.7. The summed E-state index contributed by atoms with van der Waals surface area (Å²) in [5.74, 6) is 0. The van der Waals surface area contributed by atoms with Crippen molar-refractivity contribution in [3.05, 3.63) is 45.1 Å². The fraction of sp³-hybridized carbons (Fsp3) is 0.467. The van der Waals surface area contributed by atoms with Gasteiger partial charge in [0.05, 0.1) is 37.1 Å². The van der Waals surface area contributed by atoms with Gasteiger partial charge in [-0.2, -0.15) is 0 Å². The molecule has 0 unspecified atom stereocenters. The second-order valence-corrected chi connectivity index (χ2v) is 5.02. The summed E-state index contributed by atoms with van der Waals surface area (Å²) in [7, 11) is 1.54. The van der Waals surface area contributed by atoms with Crippen molar-refractivity contribution in [2.75, 3.05) is 19.6 Å². The van der Waals surface area contributed by atoms with Gasteiger partial charge in [-0.3, -0.25) is 13.9 Å². The lowest BCUT2D eigenvalue weighted by atomic mass is 10.2. The van der Waals surface area contributed by atoms with Crippen molar-refractivity contribution >= 4 is 10.9 Å². The van der Waals surface area contributed by atoms with Gasteiger partial charge in [-0.05, 0) is 26.0 Å².